The Morgan fingerprint density at radius 2 is 2.00 bits per heavy atom. The van der Waals surface area contributed by atoms with Gasteiger partial charge in [0.2, 0.25) is 5.54 Å². The van der Waals surface area contributed by atoms with Crippen LogP contribution in [0.25, 0.3) is 11.1 Å². The maximum Gasteiger partial charge on any atom is 0.266 e. The van der Waals surface area contributed by atoms with Crippen LogP contribution in [0.1, 0.15) is 5.56 Å². The van der Waals surface area contributed by atoms with Gasteiger partial charge in [-0.15, -0.1) is 0 Å². The third-order valence-corrected chi connectivity index (χ3v) is 5.31. The first-order valence-electron chi connectivity index (χ1n) is 8.89. The summed E-state index contributed by atoms with van der Waals surface area (Å²) >= 11 is 6.16. The van der Waals surface area contributed by atoms with Crippen molar-refractivity contribution >= 4 is 23.5 Å². The molecule has 0 aromatic heterocycles. The van der Waals surface area contributed by atoms with Gasteiger partial charge in [0.05, 0.1) is 0 Å². The minimum atomic E-state index is -1.40. The van der Waals surface area contributed by atoms with E-state index in [1.54, 1.807) is 31.3 Å². The Morgan fingerprint density at radius 3 is 2.62 bits per heavy atom. The van der Waals surface area contributed by atoms with Crippen molar-refractivity contribution < 1.29 is 9.53 Å². The molecule has 1 spiro atoms. The molecular weight excluding hydrogens is 388 g/mol. The molecule has 4 rings (SSSR count). The van der Waals surface area contributed by atoms with Crippen molar-refractivity contribution in [3.8, 4) is 16.9 Å². The number of halogens is 1. The number of guanidine groups is 1. The number of nitrogens with two attached hydrogens (primary N) is 2. The first-order valence-corrected chi connectivity index (χ1v) is 9.27. The molecule has 2 aromatic carbocycles. The second-order valence-electron chi connectivity index (χ2n) is 6.71. The Bertz CT molecular complexity index is 1140. The molecule has 0 fully saturated rings. The highest BCUT2D eigenvalue weighted by Gasteiger charge is 2.55. The average molecular weight is 407 g/mol. The second-order valence-corrected chi connectivity index (χ2v) is 7.15. The summed E-state index contributed by atoms with van der Waals surface area (Å²) in [6.45, 7) is 3.75. The van der Waals surface area contributed by atoms with Crippen LogP contribution in [0.15, 0.2) is 83.7 Å². The number of aliphatic imine (C=N–C) groups is 1. The molecule has 0 saturated heterocycles. The number of likely N-dealkylation sites (N-methyl/N-ethyl adjacent to an activating group) is 1. The highest BCUT2D eigenvalue weighted by Crippen LogP contribution is 2.51. The SMILES string of the molecule is C=CC=C1/C(=C\N)Oc2ccc(-c3cccc(Cl)c3)cc2C12N=C(N)N(C)C2=O. The number of rotatable bonds is 2. The lowest BCUT2D eigenvalue weighted by Gasteiger charge is -2.35. The van der Waals surface area contributed by atoms with E-state index in [-0.39, 0.29) is 11.9 Å². The molecule has 2 aromatic rings. The van der Waals surface area contributed by atoms with Gasteiger partial charge in [0.15, 0.2) is 5.96 Å². The highest BCUT2D eigenvalue weighted by atomic mass is 35.5. The molecule has 29 heavy (non-hydrogen) atoms. The fourth-order valence-electron chi connectivity index (χ4n) is 3.68. The van der Waals surface area contributed by atoms with Crippen molar-refractivity contribution in [2.45, 2.75) is 5.54 Å². The number of nitrogens with zero attached hydrogens (tertiary/aromatic N) is 2. The maximum atomic E-state index is 13.4. The molecule has 7 heteroatoms. The Hall–Kier alpha value is -3.51. The molecule has 1 atom stereocenters. The van der Waals surface area contributed by atoms with Gasteiger partial charge in [-0.2, -0.15) is 0 Å². The first-order chi connectivity index (χ1) is 13.9. The summed E-state index contributed by atoms with van der Waals surface area (Å²) in [7, 11) is 1.59. The number of hydrogen-bond acceptors (Lipinski definition) is 5. The number of benzene rings is 2. The quantitative estimate of drug-likeness (QED) is 0.800. The molecular formula is C22H19ClN4O2. The van der Waals surface area contributed by atoms with Crippen LogP contribution >= 0.6 is 11.6 Å². The van der Waals surface area contributed by atoms with Crippen LogP contribution in [0.3, 0.4) is 0 Å². The normalized spacial score (nSPS) is 23.3. The van der Waals surface area contributed by atoms with Crippen molar-refractivity contribution in [2.24, 2.45) is 16.5 Å². The van der Waals surface area contributed by atoms with Gasteiger partial charge in [0.1, 0.15) is 11.5 Å². The van der Waals surface area contributed by atoms with E-state index in [0.29, 0.717) is 27.7 Å². The number of carbonyl (C=O) groups excluding carboxylic acids is 1. The Morgan fingerprint density at radius 1 is 1.24 bits per heavy atom. The summed E-state index contributed by atoms with van der Waals surface area (Å²) < 4.78 is 5.98. The molecule has 0 radical (unpaired) electrons. The zero-order valence-electron chi connectivity index (χ0n) is 15.7. The van der Waals surface area contributed by atoms with Crippen LogP contribution < -0.4 is 16.2 Å². The zero-order valence-corrected chi connectivity index (χ0v) is 16.5. The first kappa shape index (κ1) is 18.8. The van der Waals surface area contributed by atoms with E-state index in [0.717, 1.165) is 11.1 Å². The third kappa shape index (κ3) is 2.72. The summed E-state index contributed by atoms with van der Waals surface area (Å²) in [4.78, 5) is 19.3. The fraction of sp³-hybridized carbons (Fsp3) is 0.0909. The summed E-state index contributed by atoms with van der Waals surface area (Å²) in [6.07, 6.45) is 4.54. The molecule has 4 N–H and O–H groups in total. The molecule has 0 saturated carbocycles. The van der Waals surface area contributed by atoms with E-state index >= 15 is 0 Å². The minimum absolute atomic E-state index is 0.113. The summed E-state index contributed by atoms with van der Waals surface area (Å²) in [6, 6.07) is 13.0. The fourth-order valence-corrected chi connectivity index (χ4v) is 3.87. The summed E-state index contributed by atoms with van der Waals surface area (Å²) in [5.41, 5.74) is 13.3. The smallest absolute Gasteiger partial charge is 0.266 e. The van der Waals surface area contributed by atoms with Gasteiger partial charge in [-0.25, -0.2) is 4.99 Å². The van der Waals surface area contributed by atoms with E-state index in [4.69, 9.17) is 27.8 Å². The molecule has 0 bridgehead atoms. The van der Waals surface area contributed by atoms with Crippen molar-refractivity contribution in [3.63, 3.8) is 0 Å². The van der Waals surface area contributed by atoms with Crippen LogP contribution in [0.5, 0.6) is 5.75 Å². The van der Waals surface area contributed by atoms with Gasteiger partial charge in [0, 0.05) is 29.4 Å². The largest absolute Gasteiger partial charge is 0.455 e. The van der Waals surface area contributed by atoms with Crippen LogP contribution in [0.2, 0.25) is 5.02 Å². The highest BCUT2D eigenvalue weighted by molar-refractivity contribution is 6.30. The Labute approximate surface area is 173 Å². The number of amides is 1. The number of fused-ring (bicyclic) bond motifs is 2. The molecule has 1 unspecified atom stereocenters. The number of allylic oxidation sites excluding steroid dienone is 2. The zero-order chi connectivity index (χ0) is 20.8. The monoisotopic (exact) mass is 406 g/mol. The van der Waals surface area contributed by atoms with Crippen LogP contribution in [0, 0.1) is 0 Å². The predicted octanol–water partition coefficient (Wildman–Crippen LogP) is 3.29. The van der Waals surface area contributed by atoms with Crippen molar-refractivity contribution in [2.75, 3.05) is 7.05 Å². The average Bonchev–Trinajstić information content (AvgIpc) is 2.94. The molecule has 6 nitrogen and oxygen atoms in total. The van der Waals surface area contributed by atoms with E-state index in [9.17, 15) is 4.79 Å². The van der Waals surface area contributed by atoms with Gasteiger partial charge in [0.25, 0.3) is 5.91 Å². The number of carbonyl (C=O) groups is 1. The van der Waals surface area contributed by atoms with E-state index in [2.05, 4.69) is 11.6 Å². The van der Waals surface area contributed by atoms with Gasteiger partial charge in [-0.05, 0) is 35.4 Å². The molecule has 0 aliphatic carbocycles. The molecule has 1 amide bonds. The van der Waals surface area contributed by atoms with Gasteiger partial charge < -0.3 is 16.2 Å². The molecule has 2 heterocycles. The molecule has 2 aliphatic rings. The standard InChI is InChI=1S/C22H19ClN4O2/c1-3-5-16-19(12-24)29-18-9-8-14(13-6-4-7-15(23)10-13)11-17(18)22(16)20(28)27(2)21(25)26-22/h3-12H,1,24H2,2H3,(H2,25,26)/b16-5?,19-12+. The lowest BCUT2D eigenvalue weighted by atomic mass is 9.78. The van der Waals surface area contributed by atoms with Crippen molar-refractivity contribution in [1.29, 1.82) is 0 Å². The predicted molar refractivity (Wildman–Crippen MR) is 114 cm³/mol. The summed E-state index contributed by atoms with van der Waals surface area (Å²) in [5.74, 6) is 0.625. The van der Waals surface area contributed by atoms with Crippen molar-refractivity contribution in [3.05, 3.63) is 89.3 Å². The minimum Gasteiger partial charge on any atom is -0.455 e. The topological polar surface area (TPSA) is 93.9 Å². The van der Waals surface area contributed by atoms with Crippen LogP contribution in [-0.4, -0.2) is 23.8 Å². The maximum absolute atomic E-state index is 13.4. The van der Waals surface area contributed by atoms with Crippen molar-refractivity contribution in [1.82, 2.24) is 4.90 Å². The van der Waals surface area contributed by atoms with E-state index in [1.165, 1.54) is 11.1 Å². The number of hydrogen-bond donors (Lipinski definition) is 2. The second kappa shape index (κ2) is 6.83. The lowest BCUT2D eigenvalue weighted by Crippen LogP contribution is -2.44. The van der Waals surface area contributed by atoms with Gasteiger partial charge >= 0.3 is 0 Å². The van der Waals surface area contributed by atoms with Gasteiger partial charge in [-0.3, -0.25) is 9.69 Å². The molecule has 146 valence electrons. The van der Waals surface area contributed by atoms with E-state index in [1.807, 2.05) is 30.3 Å². The van der Waals surface area contributed by atoms with Crippen LogP contribution in [-0.2, 0) is 10.3 Å². The Balaban J connectivity index is 2.03. The lowest BCUT2D eigenvalue weighted by molar-refractivity contribution is -0.129. The van der Waals surface area contributed by atoms with Crippen LogP contribution in [0.4, 0.5) is 0 Å². The van der Waals surface area contributed by atoms with Gasteiger partial charge in [-0.1, -0.05) is 48.5 Å². The van der Waals surface area contributed by atoms with E-state index < -0.39 is 5.54 Å². The summed E-state index contributed by atoms with van der Waals surface area (Å²) in [5, 5.41) is 0.616. The number of ether oxygens (including phenoxy) is 1. The molecule has 2 aliphatic heterocycles. The Kier molecular flexibility index (Phi) is 4.43. The third-order valence-electron chi connectivity index (χ3n) is 5.08.